The van der Waals surface area contributed by atoms with E-state index in [1.807, 2.05) is 20.8 Å². The van der Waals surface area contributed by atoms with Crippen LogP contribution in [0.5, 0.6) is 11.5 Å². The van der Waals surface area contributed by atoms with Crippen molar-refractivity contribution in [2.75, 3.05) is 20.0 Å². The zero-order valence-electron chi connectivity index (χ0n) is 15.9. The molecule has 2 atom stereocenters. The Morgan fingerprint density at radius 1 is 1.07 bits per heavy atom. The fraction of sp³-hybridized carbons (Fsp3) is 0.600. The maximum Gasteiger partial charge on any atom is 0.410 e. The van der Waals surface area contributed by atoms with Gasteiger partial charge < -0.3 is 18.9 Å². The van der Waals surface area contributed by atoms with Crippen molar-refractivity contribution < 1.29 is 28.5 Å². The van der Waals surface area contributed by atoms with Gasteiger partial charge in [0.15, 0.2) is 17.3 Å². The summed E-state index contributed by atoms with van der Waals surface area (Å²) < 4.78 is 21.9. The third kappa shape index (κ3) is 3.60. The molecule has 0 spiro atoms. The molecule has 0 saturated carbocycles. The van der Waals surface area contributed by atoms with Crippen LogP contribution in [0.25, 0.3) is 0 Å². The SMILES string of the molecule is CC(C)(C)OC(=O)N1C2COCC1CC(C(=O)c1ccc3c(c1)OCO3)C2. The quantitative estimate of drug-likeness (QED) is 0.740. The molecule has 2 fully saturated rings. The van der Waals surface area contributed by atoms with Gasteiger partial charge in [-0.2, -0.15) is 0 Å². The summed E-state index contributed by atoms with van der Waals surface area (Å²) in [4.78, 5) is 27.5. The van der Waals surface area contributed by atoms with E-state index in [0.717, 1.165) is 0 Å². The zero-order chi connectivity index (χ0) is 19.2. The molecule has 3 aliphatic heterocycles. The summed E-state index contributed by atoms with van der Waals surface area (Å²) in [6.45, 7) is 6.61. The topological polar surface area (TPSA) is 74.3 Å². The molecule has 2 unspecified atom stereocenters. The molecule has 2 bridgehead atoms. The predicted molar refractivity (Wildman–Crippen MR) is 96.1 cm³/mol. The first-order chi connectivity index (χ1) is 12.8. The molecule has 0 aliphatic carbocycles. The summed E-state index contributed by atoms with van der Waals surface area (Å²) >= 11 is 0. The van der Waals surface area contributed by atoms with E-state index >= 15 is 0 Å². The fourth-order valence-electron chi connectivity index (χ4n) is 4.03. The number of fused-ring (bicyclic) bond motifs is 3. The van der Waals surface area contributed by atoms with Gasteiger partial charge in [-0.15, -0.1) is 0 Å². The molecule has 1 aromatic carbocycles. The van der Waals surface area contributed by atoms with Gasteiger partial charge in [0.25, 0.3) is 0 Å². The Morgan fingerprint density at radius 2 is 1.74 bits per heavy atom. The van der Waals surface area contributed by atoms with Gasteiger partial charge in [0, 0.05) is 11.5 Å². The average molecular weight is 375 g/mol. The number of Topliss-reactive ketones (excluding diaryl/α,β-unsaturated/α-hetero) is 1. The molecule has 0 radical (unpaired) electrons. The summed E-state index contributed by atoms with van der Waals surface area (Å²) in [6, 6.07) is 5.01. The Bertz CT molecular complexity index is 741. The van der Waals surface area contributed by atoms with Crippen LogP contribution in [0.1, 0.15) is 44.0 Å². The van der Waals surface area contributed by atoms with Crippen LogP contribution in [-0.2, 0) is 9.47 Å². The highest BCUT2D eigenvalue weighted by Crippen LogP contribution is 2.37. The van der Waals surface area contributed by atoms with E-state index in [-0.39, 0.29) is 36.7 Å². The summed E-state index contributed by atoms with van der Waals surface area (Å²) in [5.41, 5.74) is 0.0692. The Balaban J connectivity index is 1.49. The molecule has 3 aliphatic rings. The highest BCUT2D eigenvalue weighted by Gasteiger charge is 2.45. The molecule has 1 aromatic rings. The largest absolute Gasteiger partial charge is 0.454 e. The standard InChI is InChI=1S/C20H25NO6/c1-20(2,3)27-19(23)21-14-6-13(7-15(21)10-24-9-14)18(22)12-4-5-16-17(8-12)26-11-25-16/h4-5,8,13-15H,6-7,9-11H2,1-3H3. The van der Waals surface area contributed by atoms with Crippen LogP contribution in [0.3, 0.4) is 0 Å². The number of carbonyl (C=O) groups is 2. The van der Waals surface area contributed by atoms with E-state index in [1.54, 1.807) is 23.1 Å². The molecule has 0 aromatic heterocycles. The van der Waals surface area contributed by atoms with Gasteiger partial charge in [-0.1, -0.05) is 0 Å². The minimum atomic E-state index is -0.550. The fourth-order valence-corrected chi connectivity index (χ4v) is 4.03. The average Bonchev–Trinajstić information content (AvgIpc) is 3.06. The predicted octanol–water partition coefficient (Wildman–Crippen LogP) is 3.01. The van der Waals surface area contributed by atoms with Crippen molar-refractivity contribution in [1.82, 2.24) is 4.90 Å². The van der Waals surface area contributed by atoms with Crippen LogP contribution < -0.4 is 9.47 Å². The summed E-state index contributed by atoms with van der Waals surface area (Å²) in [5.74, 6) is 1.20. The first-order valence-corrected chi connectivity index (χ1v) is 9.35. The monoisotopic (exact) mass is 375 g/mol. The lowest BCUT2D eigenvalue weighted by molar-refractivity contribution is -0.0861. The number of hydrogen-bond donors (Lipinski definition) is 0. The van der Waals surface area contributed by atoms with Gasteiger partial charge in [-0.05, 0) is 51.8 Å². The van der Waals surface area contributed by atoms with Crippen molar-refractivity contribution in [2.24, 2.45) is 5.92 Å². The van der Waals surface area contributed by atoms with Gasteiger partial charge >= 0.3 is 6.09 Å². The summed E-state index contributed by atoms with van der Waals surface area (Å²) in [7, 11) is 0. The number of benzene rings is 1. The molecule has 7 nitrogen and oxygen atoms in total. The van der Waals surface area contributed by atoms with Crippen LogP contribution in [0.15, 0.2) is 18.2 Å². The van der Waals surface area contributed by atoms with E-state index in [2.05, 4.69) is 0 Å². The van der Waals surface area contributed by atoms with E-state index in [9.17, 15) is 9.59 Å². The molecule has 27 heavy (non-hydrogen) atoms. The molecule has 0 N–H and O–H groups in total. The van der Waals surface area contributed by atoms with Crippen LogP contribution in [-0.4, -0.2) is 54.5 Å². The first kappa shape index (κ1) is 18.1. The number of ketones is 1. The maximum atomic E-state index is 13.1. The molecule has 2 saturated heterocycles. The first-order valence-electron chi connectivity index (χ1n) is 9.35. The van der Waals surface area contributed by atoms with Gasteiger partial charge in [-0.25, -0.2) is 4.79 Å². The number of carbonyl (C=O) groups excluding carboxylic acids is 2. The molecular weight excluding hydrogens is 350 g/mol. The van der Waals surface area contributed by atoms with Crippen LogP contribution >= 0.6 is 0 Å². The van der Waals surface area contributed by atoms with Gasteiger partial charge in [-0.3, -0.25) is 9.69 Å². The molecular formula is C20H25NO6. The van der Waals surface area contributed by atoms with Gasteiger partial charge in [0.05, 0.1) is 25.3 Å². The van der Waals surface area contributed by atoms with E-state index in [1.165, 1.54) is 0 Å². The molecule has 4 rings (SSSR count). The number of rotatable bonds is 2. The minimum Gasteiger partial charge on any atom is -0.454 e. The summed E-state index contributed by atoms with van der Waals surface area (Å²) in [6.07, 6.45) is 0.821. The molecule has 146 valence electrons. The molecule has 3 heterocycles. The van der Waals surface area contributed by atoms with Crippen LogP contribution in [0, 0.1) is 5.92 Å². The second-order valence-electron chi connectivity index (χ2n) is 8.33. The Morgan fingerprint density at radius 3 is 2.41 bits per heavy atom. The number of piperidine rings is 1. The van der Waals surface area contributed by atoms with Crippen LogP contribution in [0.2, 0.25) is 0 Å². The number of nitrogens with zero attached hydrogens (tertiary/aromatic N) is 1. The normalized spacial score (nSPS) is 26.6. The van der Waals surface area contributed by atoms with Crippen LogP contribution in [0.4, 0.5) is 4.79 Å². The van der Waals surface area contributed by atoms with Gasteiger partial charge in [0.1, 0.15) is 5.60 Å². The Hall–Kier alpha value is -2.28. The van der Waals surface area contributed by atoms with Crippen molar-refractivity contribution in [3.05, 3.63) is 23.8 Å². The van der Waals surface area contributed by atoms with E-state index < -0.39 is 5.60 Å². The van der Waals surface area contributed by atoms with Crippen molar-refractivity contribution in [3.8, 4) is 11.5 Å². The number of hydrogen-bond acceptors (Lipinski definition) is 6. The summed E-state index contributed by atoms with van der Waals surface area (Å²) in [5, 5.41) is 0. The Labute approximate surface area is 158 Å². The molecule has 1 amide bonds. The third-order valence-corrected chi connectivity index (χ3v) is 5.15. The minimum absolute atomic E-state index is 0.0778. The highest BCUT2D eigenvalue weighted by molar-refractivity contribution is 5.98. The number of amides is 1. The van der Waals surface area contributed by atoms with Crippen molar-refractivity contribution >= 4 is 11.9 Å². The van der Waals surface area contributed by atoms with E-state index in [0.29, 0.717) is 43.1 Å². The van der Waals surface area contributed by atoms with Crippen molar-refractivity contribution in [3.63, 3.8) is 0 Å². The van der Waals surface area contributed by atoms with E-state index in [4.69, 9.17) is 18.9 Å². The van der Waals surface area contributed by atoms with Crippen molar-refractivity contribution in [1.29, 1.82) is 0 Å². The lowest BCUT2D eigenvalue weighted by atomic mass is 9.81. The Kier molecular flexibility index (Phi) is 4.50. The smallest absolute Gasteiger partial charge is 0.410 e. The second kappa shape index (κ2) is 6.71. The highest BCUT2D eigenvalue weighted by atomic mass is 16.7. The number of morpholine rings is 1. The lowest BCUT2D eigenvalue weighted by Gasteiger charge is -2.47. The van der Waals surface area contributed by atoms with Crippen molar-refractivity contribution in [2.45, 2.75) is 51.3 Å². The zero-order valence-corrected chi connectivity index (χ0v) is 15.9. The molecule has 7 heteroatoms. The van der Waals surface area contributed by atoms with Gasteiger partial charge in [0.2, 0.25) is 6.79 Å². The number of ether oxygens (including phenoxy) is 4. The maximum absolute atomic E-state index is 13.1. The lowest BCUT2D eigenvalue weighted by Crippen LogP contribution is -2.60. The third-order valence-electron chi connectivity index (χ3n) is 5.15. The second-order valence-corrected chi connectivity index (χ2v) is 8.33.